The molecule has 0 bridgehead atoms. The van der Waals surface area contributed by atoms with Crippen molar-refractivity contribution in [2.75, 3.05) is 13.1 Å². The zero-order chi connectivity index (χ0) is 14.1. The van der Waals surface area contributed by atoms with Crippen LogP contribution in [0.3, 0.4) is 0 Å². The maximum absolute atomic E-state index is 11.7. The van der Waals surface area contributed by atoms with E-state index in [-0.39, 0.29) is 11.3 Å². The molecule has 0 fully saturated rings. The third-order valence-electron chi connectivity index (χ3n) is 3.23. The van der Waals surface area contributed by atoms with Crippen LogP contribution in [-0.2, 0) is 11.2 Å². The molecular formula is C13H25N5O. The largest absolute Gasteiger partial charge is 0.356 e. The number of rotatable bonds is 9. The predicted molar refractivity (Wildman–Crippen MR) is 74.4 cm³/mol. The van der Waals surface area contributed by atoms with Crippen LogP contribution in [0.1, 0.15) is 45.4 Å². The Labute approximate surface area is 114 Å². The number of carbonyl (C=O) groups is 1. The topological polar surface area (TPSA) is 96.7 Å². The van der Waals surface area contributed by atoms with Crippen molar-refractivity contribution in [1.29, 1.82) is 0 Å². The fourth-order valence-electron chi connectivity index (χ4n) is 1.89. The van der Waals surface area contributed by atoms with E-state index in [1.165, 1.54) is 6.33 Å². The molecule has 0 aliphatic carbocycles. The monoisotopic (exact) mass is 267 g/mol. The molecule has 0 aromatic carbocycles. The number of hydrogen-bond donors (Lipinski definition) is 3. The van der Waals surface area contributed by atoms with Gasteiger partial charge in [0.1, 0.15) is 12.2 Å². The molecule has 0 atom stereocenters. The lowest BCUT2D eigenvalue weighted by Crippen LogP contribution is -2.27. The van der Waals surface area contributed by atoms with Gasteiger partial charge in [-0.05, 0) is 31.2 Å². The minimum absolute atomic E-state index is 0.114. The van der Waals surface area contributed by atoms with Crippen molar-refractivity contribution in [2.45, 2.75) is 46.0 Å². The lowest BCUT2D eigenvalue weighted by atomic mass is 9.84. The summed E-state index contributed by atoms with van der Waals surface area (Å²) < 4.78 is 0. The number of aryl methyl sites for hydroxylation is 1. The highest BCUT2D eigenvalue weighted by atomic mass is 16.1. The Kier molecular flexibility index (Phi) is 6.49. The van der Waals surface area contributed by atoms with E-state index in [0.717, 1.165) is 31.5 Å². The van der Waals surface area contributed by atoms with E-state index < -0.39 is 0 Å². The standard InChI is InChI=1S/C13H25N5O/c1-13(2,7-8-14)6-5-12(19)15-9-3-4-11-16-10-17-18-11/h10H,3-9,14H2,1-2H3,(H,15,19)(H,16,17,18). The molecule has 0 aliphatic rings. The molecule has 108 valence electrons. The summed E-state index contributed by atoms with van der Waals surface area (Å²) >= 11 is 0. The molecule has 1 heterocycles. The van der Waals surface area contributed by atoms with Crippen molar-refractivity contribution >= 4 is 5.91 Å². The van der Waals surface area contributed by atoms with Gasteiger partial charge in [0.15, 0.2) is 0 Å². The molecule has 1 aromatic heterocycles. The first-order valence-corrected chi connectivity index (χ1v) is 6.84. The van der Waals surface area contributed by atoms with Crippen LogP contribution >= 0.6 is 0 Å². The van der Waals surface area contributed by atoms with Gasteiger partial charge in [-0.2, -0.15) is 5.10 Å². The van der Waals surface area contributed by atoms with Gasteiger partial charge in [0.25, 0.3) is 0 Å². The minimum Gasteiger partial charge on any atom is -0.356 e. The fourth-order valence-corrected chi connectivity index (χ4v) is 1.89. The molecule has 0 unspecified atom stereocenters. The van der Waals surface area contributed by atoms with Crippen molar-refractivity contribution in [1.82, 2.24) is 20.5 Å². The second kappa shape index (κ2) is 7.89. The third kappa shape index (κ3) is 6.91. The van der Waals surface area contributed by atoms with Crippen LogP contribution in [0.15, 0.2) is 6.33 Å². The Morgan fingerprint density at radius 2 is 2.26 bits per heavy atom. The maximum atomic E-state index is 11.7. The number of carbonyl (C=O) groups excluding carboxylic acids is 1. The molecule has 1 aromatic rings. The number of hydrogen-bond acceptors (Lipinski definition) is 4. The Morgan fingerprint density at radius 3 is 2.89 bits per heavy atom. The van der Waals surface area contributed by atoms with Gasteiger partial charge in [-0.15, -0.1) is 0 Å². The number of aromatic nitrogens is 3. The van der Waals surface area contributed by atoms with E-state index in [9.17, 15) is 4.79 Å². The highest BCUT2D eigenvalue weighted by Gasteiger charge is 2.17. The van der Waals surface area contributed by atoms with Gasteiger partial charge in [-0.25, -0.2) is 4.98 Å². The second-order valence-corrected chi connectivity index (χ2v) is 5.59. The number of nitrogens with zero attached hydrogens (tertiary/aromatic N) is 2. The zero-order valence-electron chi connectivity index (χ0n) is 11.9. The molecule has 6 nitrogen and oxygen atoms in total. The van der Waals surface area contributed by atoms with Crippen LogP contribution < -0.4 is 11.1 Å². The maximum Gasteiger partial charge on any atom is 0.220 e. The van der Waals surface area contributed by atoms with Crippen LogP contribution in [0.4, 0.5) is 0 Å². The average molecular weight is 267 g/mol. The van der Waals surface area contributed by atoms with E-state index in [1.807, 2.05) is 0 Å². The summed E-state index contributed by atoms with van der Waals surface area (Å²) in [5, 5.41) is 9.50. The summed E-state index contributed by atoms with van der Waals surface area (Å²) in [6.07, 6.45) is 5.55. The Hall–Kier alpha value is -1.43. The molecule has 0 saturated carbocycles. The highest BCUT2D eigenvalue weighted by molar-refractivity contribution is 5.75. The number of nitrogens with two attached hydrogens (primary N) is 1. The van der Waals surface area contributed by atoms with Gasteiger partial charge in [-0.1, -0.05) is 13.8 Å². The normalized spacial score (nSPS) is 11.5. The third-order valence-corrected chi connectivity index (χ3v) is 3.23. The smallest absolute Gasteiger partial charge is 0.220 e. The van der Waals surface area contributed by atoms with E-state index >= 15 is 0 Å². The molecular weight excluding hydrogens is 242 g/mol. The van der Waals surface area contributed by atoms with Crippen LogP contribution in [0.25, 0.3) is 0 Å². The van der Waals surface area contributed by atoms with Gasteiger partial charge in [0.2, 0.25) is 5.91 Å². The number of aromatic amines is 1. The Balaban J connectivity index is 2.08. The molecule has 0 spiro atoms. The molecule has 1 amide bonds. The number of amides is 1. The second-order valence-electron chi connectivity index (χ2n) is 5.59. The summed E-state index contributed by atoms with van der Waals surface area (Å²) in [7, 11) is 0. The van der Waals surface area contributed by atoms with Crippen molar-refractivity contribution in [2.24, 2.45) is 11.1 Å². The fraction of sp³-hybridized carbons (Fsp3) is 0.769. The van der Waals surface area contributed by atoms with E-state index in [0.29, 0.717) is 19.5 Å². The SMILES string of the molecule is CC(C)(CCN)CCC(=O)NCCCc1ncn[nH]1. The van der Waals surface area contributed by atoms with Crippen molar-refractivity contribution in [3.05, 3.63) is 12.2 Å². The van der Waals surface area contributed by atoms with Gasteiger partial charge in [-0.3, -0.25) is 9.89 Å². The predicted octanol–water partition coefficient (Wildman–Crippen LogP) is 1.01. The van der Waals surface area contributed by atoms with E-state index in [2.05, 4.69) is 34.3 Å². The van der Waals surface area contributed by atoms with Crippen molar-refractivity contribution < 1.29 is 4.79 Å². The van der Waals surface area contributed by atoms with E-state index in [4.69, 9.17) is 5.73 Å². The molecule has 6 heteroatoms. The number of nitrogens with one attached hydrogen (secondary N) is 2. The molecule has 19 heavy (non-hydrogen) atoms. The first-order valence-electron chi connectivity index (χ1n) is 6.84. The molecule has 0 aliphatic heterocycles. The Bertz CT molecular complexity index is 361. The van der Waals surface area contributed by atoms with Crippen LogP contribution in [0.5, 0.6) is 0 Å². The Morgan fingerprint density at radius 1 is 1.47 bits per heavy atom. The summed E-state index contributed by atoms with van der Waals surface area (Å²) in [6, 6.07) is 0. The van der Waals surface area contributed by atoms with Crippen LogP contribution in [0, 0.1) is 5.41 Å². The lowest BCUT2D eigenvalue weighted by molar-refractivity contribution is -0.121. The van der Waals surface area contributed by atoms with E-state index in [1.54, 1.807) is 0 Å². The average Bonchev–Trinajstić information content (AvgIpc) is 2.85. The first kappa shape index (κ1) is 15.6. The summed E-state index contributed by atoms with van der Waals surface area (Å²) in [6.45, 7) is 5.65. The molecule has 1 rings (SSSR count). The molecule has 0 radical (unpaired) electrons. The van der Waals surface area contributed by atoms with Gasteiger partial charge in [0, 0.05) is 19.4 Å². The first-order chi connectivity index (χ1) is 9.03. The summed E-state index contributed by atoms with van der Waals surface area (Å²) in [5.74, 6) is 0.973. The highest BCUT2D eigenvalue weighted by Crippen LogP contribution is 2.25. The summed E-state index contributed by atoms with van der Waals surface area (Å²) in [4.78, 5) is 15.7. The molecule has 0 saturated heterocycles. The van der Waals surface area contributed by atoms with Crippen LogP contribution in [-0.4, -0.2) is 34.2 Å². The summed E-state index contributed by atoms with van der Waals surface area (Å²) in [5.41, 5.74) is 5.70. The zero-order valence-corrected chi connectivity index (χ0v) is 11.9. The quantitative estimate of drug-likeness (QED) is 0.582. The van der Waals surface area contributed by atoms with Crippen LogP contribution in [0.2, 0.25) is 0 Å². The van der Waals surface area contributed by atoms with Crippen molar-refractivity contribution in [3.63, 3.8) is 0 Å². The van der Waals surface area contributed by atoms with Gasteiger partial charge < -0.3 is 11.1 Å². The minimum atomic E-state index is 0.114. The van der Waals surface area contributed by atoms with Crippen molar-refractivity contribution in [3.8, 4) is 0 Å². The van der Waals surface area contributed by atoms with Gasteiger partial charge >= 0.3 is 0 Å². The van der Waals surface area contributed by atoms with Gasteiger partial charge in [0.05, 0.1) is 0 Å². The molecule has 4 N–H and O–H groups in total. The lowest BCUT2D eigenvalue weighted by Gasteiger charge is -2.23. The number of H-pyrrole nitrogens is 1.